The first kappa shape index (κ1) is 17.7. The molecule has 1 aromatic heterocycles. The third-order valence-corrected chi connectivity index (χ3v) is 3.95. The molecule has 0 saturated carbocycles. The first-order valence-corrected chi connectivity index (χ1v) is 8.09. The van der Waals surface area contributed by atoms with E-state index in [2.05, 4.69) is 5.16 Å². The van der Waals surface area contributed by atoms with E-state index in [-0.39, 0.29) is 13.2 Å². The zero-order chi connectivity index (χ0) is 18.5. The second-order valence-electron chi connectivity index (χ2n) is 5.79. The Morgan fingerprint density at radius 2 is 1.92 bits per heavy atom. The lowest BCUT2D eigenvalue weighted by Crippen LogP contribution is -2.06. The molecule has 3 rings (SSSR count). The third kappa shape index (κ3) is 4.08. The van der Waals surface area contributed by atoms with Crippen molar-refractivity contribution in [2.24, 2.45) is 0 Å². The van der Waals surface area contributed by atoms with Gasteiger partial charge in [0.2, 0.25) is 0 Å². The second kappa shape index (κ2) is 7.82. The molecule has 26 heavy (non-hydrogen) atoms. The van der Waals surface area contributed by atoms with Crippen LogP contribution in [0.3, 0.4) is 0 Å². The maximum Gasteiger partial charge on any atom is 0.338 e. The standard InChI is InChI=1S/C20H18FNO4/c1-13-18(14(2)26-22-13)12-24-17-8-5-7-15(10-17)20(23)25-11-16-6-3-4-9-19(16)21/h3-10H,11-12H2,1-2H3. The number of benzene rings is 2. The Labute approximate surface area is 150 Å². The van der Waals surface area contributed by atoms with Crippen molar-refractivity contribution in [1.29, 1.82) is 0 Å². The Bertz CT molecular complexity index is 900. The van der Waals surface area contributed by atoms with E-state index in [9.17, 15) is 9.18 Å². The van der Waals surface area contributed by atoms with Gasteiger partial charge in [0.25, 0.3) is 0 Å². The first-order chi connectivity index (χ1) is 12.5. The highest BCUT2D eigenvalue weighted by atomic mass is 19.1. The predicted octanol–water partition coefficient (Wildman–Crippen LogP) is 4.37. The molecule has 0 fully saturated rings. The largest absolute Gasteiger partial charge is 0.489 e. The maximum absolute atomic E-state index is 13.6. The Balaban J connectivity index is 1.63. The summed E-state index contributed by atoms with van der Waals surface area (Å²) in [6.07, 6.45) is 0. The quantitative estimate of drug-likeness (QED) is 0.615. The Hall–Kier alpha value is -3.15. The monoisotopic (exact) mass is 355 g/mol. The predicted molar refractivity (Wildman–Crippen MR) is 92.3 cm³/mol. The molecule has 0 bridgehead atoms. The molecule has 0 radical (unpaired) electrons. The third-order valence-electron chi connectivity index (χ3n) is 3.95. The molecule has 0 amide bonds. The van der Waals surface area contributed by atoms with Crippen molar-refractivity contribution in [2.75, 3.05) is 0 Å². The number of aryl methyl sites for hydroxylation is 2. The molecule has 1 heterocycles. The molecule has 0 aliphatic heterocycles. The summed E-state index contributed by atoms with van der Waals surface area (Å²) in [7, 11) is 0. The minimum atomic E-state index is -0.545. The van der Waals surface area contributed by atoms with E-state index in [1.54, 1.807) is 42.5 Å². The number of carbonyl (C=O) groups is 1. The van der Waals surface area contributed by atoms with Crippen LogP contribution in [-0.2, 0) is 18.0 Å². The van der Waals surface area contributed by atoms with Gasteiger partial charge in [0.05, 0.1) is 16.8 Å². The lowest BCUT2D eigenvalue weighted by atomic mass is 10.2. The van der Waals surface area contributed by atoms with Gasteiger partial charge >= 0.3 is 5.97 Å². The zero-order valence-electron chi connectivity index (χ0n) is 14.5. The molecule has 134 valence electrons. The van der Waals surface area contributed by atoms with Crippen LogP contribution in [-0.4, -0.2) is 11.1 Å². The molecular weight excluding hydrogens is 337 g/mol. The molecule has 0 atom stereocenters. The van der Waals surface area contributed by atoms with Gasteiger partial charge < -0.3 is 14.0 Å². The van der Waals surface area contributed by atoms with Crippen molar-refractivity contribution < 1.29 is 23.2 Å². The lowest BCUT2D eigenvalue weighted by molar-refractivity contribution is 0.0468. The van der Waals surface area contributed by atoms with Crippen molar-refractivity contribution in [3.05, 3.63) is 82.5 Å². The molecule has 2 aromatic carbocycles. The highest BCUT2D eigenvalue weighted by molar-refractivity contribution is 5.89. The molecule has 0 saturated heterocycles. The number of rotatable bonds is 6. The average molecular weight is 355 g/mol. The van der Waals surface area contributed by atoms with Crippen LogP contribution in [0, 0.1) is 19.7 Å². The molecule has 0 aliphatic carbocycles. The van der Waals surface area contributed by atoms with Gasteiger partial charge in [-0.1, -0.05) is 29.4 Å². The fourth-order valence-corrected chi connectivity index (χ4v) is 2.42. The van der Waals surface area contributed by atoms with Crippen molar-refractivity contribution >= 4 is 5.97 Å². The van der Waals surface area contributed by atoms with Gasteiger partial charge in [0.15, 0.2) is 0 Å². The van der Waals surface area contributed by atoms with Crippen molar-refractivity contribution in [3.63, 3.8) is 0 Å². The lowest BCUT2D eigenvalue weighted by Gasteiger charge is -2.09. The van der Waals surface area contributed by atoms with Crippen LogP contribution in [0.2, 0.25) is 0 Å². The van der Waals surface area contributed by atoms with Crippen LogP contribution >= 0.6 is 0 Å². The number of esters is 1. The van der Waals surface area contributed by atoms with Crippen molar-refractivity contribution in [3.8, 4) is 5.75 Å². The summed E-state index contributed by atoms with van der Waals surface area (Å²) in [6, 6.07) is 12.8. The zero-order valence-corrected chi connectivity index (χ0v) is 14.5. The summed E-state index contributed by atoms with van der Waals surface area (Å²) in [5, 5.41) is 3.87. The van der Waals surface area contributed by atoms with E-state index >= 15 is 0 Å². The van der Waals surface area contributed by atoms with Gasteiger partial charge in [-0.2, -0.15) is 0 Å². The first-order valence-electron chi connectivity index (χ1n) is 8.09. The fourth-order valence-electron chi connectivity index (χ4n) is 2.42. The summed E-state index contributed by atoms with van der Waals surface area (Å²) >= 11 is 0. The van der Waals surface area contributed by atoms with E-state index in [1.807, 2.05) is 13.8 Å². The number of ether oxygens (including phenoxy) is 2. The minimum Gasteiger partial charge on any atom is -0.489 e. The average Bonchev–Trinajstić information content (AvgIpc) is 2.97. The summed E-state index contributed by atoms with van der Waals surface area (Å²) in [5.41, 5.74) is 2.30. The molecule has 0 aliphatic rings. The molecular formula is C20H18FNO4. The van der Waals surface area contributed by atoms with E-state index in [0.29, 0.717) is 22.6 Å². The summed E-state index contributed by atoms with van der Waals surface area (Å²) in [4.78, 5) is 12.2. The van der Waals surface area contributed by atoms with Crippen LogP contribution in [0.1, 0.15) is 32.9 Å². The highest BCUT2D eigenvalue weighted by Gasteiger charge is 2.12. The Morgan fingerprint density at radius 1 is 1.12 bits per heavy atom. The normalized spacial score (nSPS) is 10.6. The molecule has 0 spiro atoms. The SMILES string of the molecule is Cc1noc(C)c1COc1cccc(C(=O)OCc2ccccc2F)c1. The van der Waals surface area contributed by atoms with Gasteiger partial charge in [-0.05, 0) is 38.1 Å². The Morgan fingerprint density at radius 3 is 2.65 bits per heavy atom. The van der Waals surface area contributed by atoms with Crippen LogP contribution in [0.4, 0.5) is 4.39 Å². The van der Waals surface area contributed by atoms with Gasteiger partial charge in [0, 0.05) is 5.56 Å². The number of aromatic nitrogens is 1. The summed E-state index contributed by atoms with van der Waals surface area (Å²) in [6.45, 7) is 3.81. The molecule has 3 aromatic rings. The Kier molecular flexibility index (Phi) is 5.31. The number of hydrogen-bond donors (Lipinski definition) is 0. The number of carbonyl (C=O) groups excluding carboxylic acids is 1. The smallest absolute Gasteiger partial charge is 0.338 e. The maximum atomic E-state index is 13.6. The highest BCUT2D eigenvalue weighted by Crippen LogP contribution is 2.19. The van der Waals surface area contributed by atoms with Crippen LogP contribution in [0.15, 0.2) is 53.1 Å². The van der Waals surface area contributed by atoms with Gasteiger partial charge in [-0.25, -0.2) is 9.18 Å². The van der Waals surface area contributed by atoms with E-state index < -0.39 is 11.8 Å². The van der Waals surface area contributed by atoms with Crippen LogP contribution in [0.5, 0.6) is 5.75 Å². The summed E-state index contributed by atoms with van der Waals surface area (Å²) in [5.74, 6) is 0.265. The van der Waals surface area contributed by atoms with Crippen LogP contribution < -0.4 is 4.74 Å². The molecule has 5 nitrogen and oxygen atoms in total. The van der Waals surface area contributed by atoms with E-state index in [0.717, 1.165) is 11.3 Å². The number of halogens is 1. The fraction of sp³-hybridized carbons (Fsp3) is 0.200. The second-order valence-corrected chi connectivity index (χ2v) is 5.79. The number of hydrogen-bond acceptors (Lipinski definition) is 5. The minimum absolute atomic E-state index is 0.129. The molecule has 0 N–H and O–H groups in total. The van der Waals surface area contributed by atoms with E-state index in [4.69, 9.17) is 14.0 Å². The van der Waals surface area contributed by atoms with Gasteiger partial charge in [0.1, 0.15) is 30.5 Å². The molecule has 6 heteroatoms. The van der Waals surface area contributed by atoms with Gasteiger partial charge in [-0.15, -0.1) is 0 Å². The summed E-state index contributed by atoms with van der Waals surface area (Å²) < 4.78 is 29.6. The molecule has 0 unspecified atom stereocenters. The van der Waals surface area contributed by atoms with Crippen molar-refractivity contribution in [1.82, 2.24) is 5.16 Å². The topological polar surface area (TPSA) is 61.6 Å². The van der Waals surface area contributed by atoms with Crippen molar-refractivity contribution in [2.45, 2.75) is 27.1 Å². The number of nitrogens with zero attached hydrogens (tertiary/aromatic N) is 1. The van der Waals surface area contributed by atoms with E-state index in [1.165, 1.54) is 6.07 Å². The van der Waals surface area contributed by atoms with Gasteiger partial charge in [-0.3, -0.25) is 0 Å². The van der Waals surface area contributed by atoms with Crippen LogP contribution in [0.25, 0.3) is 0 Å².